The molecular weight excluding hydrogens is 378 g/mol. The van der Waals surface area contributed by atoms with Crippen LogP contribution >= 0.6 is 10.7 Å². The average molecular weight is 397 g/mol. The summed E-state index contributed by atoms with van der Waals surface area (Å²) in [6.07, 6.45) is -4.08. The van der Waals surface area contributed by atoms with Gasteiger partial charge in [-0.15, -0.1) is 0 Å². The molecule has 6 nitrogen and oxygen atoms in total. The molecule has 0 saturated carbocycles. The zero-order chi connectivity index (χ0) is 19.6. The first kappa shape index (κ1) is 20.5. The average Bonchev–Trinajstić information content (AvgIpc) is 2.68. The van der Waals surface area contributed by atoms with Gasteiger partial charge >= 0.3 is 12.3 Å². The summed E-state index contributed by atoms with van der Waals surface area (Å²) in [5.41, 5.74) is -1.77. The van der Waals surface area contributed by atoms with Crippen LogP contribution in [0.15, 0.2) is 36.4 Å². The smallest absolute Gasteiger partial charge is 0.408 e. The summed E-state index contributed by atoms with van der Waals surface area (Å²) in [6.45, 7) is 1.24. The van der Waals surface area contributed by atoms with E-state index in [1.165, 1.54) is 31.2 Å². The van der Waals surface area contributed by atoms with Gasteiger partial charge in [0.1, 0.15) is 11.9 Å². The fourth-order valence-electron chi connectivity index (χ4n) is 2.69. The van der Waals surface area contributed by atoms with Crippen molar-refractivity contribution in [1.82, 2.24) is 14.8 Å². The van der Waals surface area contributed by atoms with E-state index in [9.17, 15) is 26.9 Å². The Hall–Kier alpha value is -1.82. The van der Waals surface area contributed by atoms with Crippen LogP contribution in [0.4, 0.5) is 22.4 Å². The van der Waals surface area contributed by atoms with E-state index in [1.54, 1.807) is 0 Å². The molecule has 26 heavy (non-hydrogen) atoms. The molecule has 1 unspecified atom stereocenters. The Balaban J connectivity index is 2.38. The number of carboxylic acid groups (broad SMARTS) is 1. The maximum absolute atomic E-state index is 14.2. The second kappa shape index (κ2) is 7.43. The minimum atomic E-state index is -4.65. The van der Waals surface area contributed by atoms with Crippen molar-refractivity contribution in [3.05, 3.63) is 47.8 Å². The van der Waals surface area contributed by atoms with E-state index in [1.807, 2.05) is 0 Å². The first-order valence-corrected chi connectivity index (χ1v) is 9.26. The number of alkyl halides is 3. The number of carbonyl (C=O) groups is 1. The highest BCUT2D eigenvalue weighted by molar-refractivity contribution is 8.25. The van der Waals surface area contributed by atoms with Crippen LogP contribution < -0.4 is 14.8 Å². The molecule has 2 rings (SSSR count). The van der Waals surface area contributed by atoms with Gasteiger partial charge in [-0.05, 0) is 23.7 Å². The molecule has 146 valence electrons. The van der Waals surface area contributed by atoms with Crippen LogP contribution in [-0.4, -0.2) is 40.3 Å². The maximum Gasteiger partial charge on any atom is 0.408 e. The van der Waals surface area contributed by atoms with Crippen LogP contribution in [-0.2, 0) is 5.54 Å². The Kier molecular flexibility index (Phi) is 5.85. The summed E-state index contributed by atoms with van der Waals surface area (Å²) in [5, 5.41) is 11.2. The molecule has 1 aliphatic heterocycles. The highest BCUT2D eigenvalue weighted by Gasteiger charge is 2.45. The van der Waals surface area contributed by atoms with Crippen LogP contribution in [0.25, 0.3) is 0 Å². The molecule has 1 heterocycles. The summed E-state index contributed by atoms with van der Waals surface area (Å²) in [7, 11) is -3.35. The van der Waals surface area contributed by atoms with Crippen molar-refractivity contribution in [2.24, 2.45) is 0 Å². The van der Waals surface area contributed by atoms with E-state index in [0.717, 1.165) is 12.1 Å². The Morgan fingerprint density at radius 2 is 2.04 bits per heavy atom. The highest BCUT2D eigenvalue weighted by Crippen LogP contribution is 2.44. The van der Waals surface area contributed by atoms with Gasteiger partial charge in [-0.2, -0.15) is 13.2 Å². The van der Waals surface area contributed by atoms with Crippen LogP contribution in [0, 0.1) is 5.82 Å². The van der Waals surface area contributed by atoms with Crippen molar-refractivity contribution in [3.8, 4) is 0 Å². The van der Waals surface area contributed by atoms with Crippen LogP contribution in [0.2, 0.25) is 0 Å². The molecule has 0 spiro atoms. The molecule has 0 bridgehead atoms. The third kappa shape index (κ3) is 4.87. The zero-order valence-electron chi connectivity index (χ0n) is 13.7. The first-order chi connectivity index (χ1) is 12.0. The van der Waals surface area contributed by atoms with Gasteiger partial charge in [0.15, 0.2) is 0 Å². The van der Waals surface area contributed by atoms with Crippen molar-refractivity contribution < 1.29 is 32.0 Å². The van der Waals surface area contributed by atoms with Gasteiger partial charge in [0.2, 0.25) is 0 Å². The Morgan fingerprint density at radius 3 is 2.62 bits per heavy atom. The van der Waals surface area contributed by atoms with E-state index in [0.29, 0.717) is 0 Å². The molecule has 0 radical (unpaired) electrons. The predicted octanol–water partition coefficient (Wildman–Crippen LogP) is 3.10. The molecule has 0 saturated heterocycles. The van der Waals surface area contributed by atoms with Gasteiger partial charge in [-0.25, -0.2) is 18.6 Å². The number of hydrogen-bond donors (Lipinski definition) is 5. The van der Waals surface area contributed by atoms with E-state index >= 15 is 0 Å². The van der Waals surface area contributed by atoms with E-state index in [4.69, 9.17) is 5.11 Å². The van der Waals surface area contributed by atoms with Gasteiger partial charge in [-0.1, -0.05) is 30.4 Å². The number of halogens is 4. The normalized spacial score (nSPS) is 28.5. The lowest BCUT2D eigenvalue weighted by atomic mass is 9.94. The molecule has 0 aliphatic carbocycles. The lowest BCUT2D eigenvalue weighted by Gasteiger charge is -2.43. The monoisotopic (exact) mass is 397 g/mol. The van der Waals surface area contributed by atoms with Crippen LogP contribution in [0.3, 0.4) is 0 Å². The summed E-state index contributed by atoms with van der Waals surface area (Å²) in [4.78, 5) is 11.2. The van der Waals surface area contributed by atoms with Gasteiger partial charge in [0.25, 0.3) is 0 Å². The number of nitrogens with one attached hydrogen (secondary N) is 3. The summed E-state index contributed by atoms with van der Waals surface area (Å²) < 4.78 is 68.9. The first-order valence-electron chi connectivity index (χ1n) is 7.50. The molecule has 1 aromatic carbocycles. The lowest BCUT2D eigenvalue weighted by Crippen LogP contribution is -2.53. The number of benzene rings is 1. The fourth-order valence-corrected chi connectivity index (χ4v) is 5.03. The van der Waals surface area contributed by atoms with Crippen molar-refractivity contribution in [1.29, 1.82) is 0 Å². The molecule has 1 aliphatic rings. The predicted molar refractivity (Wildman–Crippen MR) is 90.1 cm³/mol. The second-order valence-corrected chi connectivity index (χ2v) is 8.22. The fraction of sp³-hybridized carbons (Fsp3) is 0.400. The largest absolute Gasteiger partial charge is 0.465 e. The molecule has 0 fully saturated rings. The molecule has 1 amide bonds. The van der Waals surface area contributed by atoms with E-state index < -0.39 is 46.1 Å². The topological polar surface area (TPSA) is 93.6 Å². The molecule has 1 aromatic rings. The van der Waals surface area contributed by atoms with Crippen molar-refractivity contribution >= 4 is 16.8 Å². The standard InChI is InChI=1S/C15H19F4N3O3S/c1-14(21-13(23)24,10-5-2-3-6-11(10)16)9-26(25)20-8-4-7-12(22-26)15(17,18)19/h2-7,12,20-22,25H,8-9H2,1H3,(H,23,24)/t12-,14-/m0/s1. The van der Waals surface area contributed by atoms with Crippen molar-refractivity contribution in [3.63, 3.8) is 0 Å². The van der Waals surface area contributed by atoms with Crippen LogP contribution in [0.5, 0.6) is 0 Å². The zero-order valence-corrected chi connectivity index (χ0v) is 14.5. The molecular formula is C15H19F4N3O3S. The van der Waals surface area contributed by atoms with Crippen molar-refractivity contribution in [2.75, 3.05) is 12.3 Å². The Bertz CT molecular complexity index is 703. The van der Waals surface area contributed by atoms with Gasteiger partial charge in [0.05, 0.1) is 11.3 Å². The lowest BCUT2D eigenvalue weighted by molar-refractivity contribution is -0.140. The molecule has 0 aromatic heterocycles. The molecule has 11 heteroatoms. The van der Waals surface area contributed by atoms with Gasteiger partial charge in [-0.3, -0.25) is 0 Å². The quantitative estimate of drug-likeness (QED) is 0.398. The number of amides is 1. The third-order valence-electron chi connectivity index (χ3n) is 3.79. The SMILES string of the molecule is C[C@@](CS1(O)NCC=C[C@@H](C(F)(F)F)N1)(NC(=O)O)c1ccccc1F. The van der Waals surface area contributed by atoms with E-state index in [2.05, 4.69) is 14.8 Å². The summed E-state index contributed by atoms with van der Waals surface area (Å²) in [6, 6.07) is 3.16. The summed E-state index contributed by atoms with van der Waals surface area (Å²) in [5.74, 6) is -1.27. The molecule has 3 atom stereocenters. The van der Waals surface area contributed by atoms with Gasteiger partial charge < -0.3 is 15.0 Å². The summed E-state index contributed by atoms with van der Waals surface area (Å²) >= 11 is 0. The highest BCUT2D eigenvalue weighted by atomic mass is 32.3. The van der Waals surface area contributed by atoms with E-state index in [-0.39, 0.29) is 12.1 Å². The number of hydrogen-bond acceptors (Lipinski definition) is 4. The van der Waals surface area contributed by atoms with Crippen molar-refractivity contribution in [2.45, 2.75) is 24.7 Å². The minimum Gasteiger partial charge on any atom is -0.465 e. The Labute approximate surface area is 149 Å². The van der Waals surface area contributed by atoms with Crippen LogP contribution in [0.1, 0.15) is 12.5 Å². The second-order valence-electron chi connectivity index (χ2n) is 6.00. The Morgan fingerprint density at radius 1 is 1.38 bits per heavy atom. The number of rotatable bonds is 4. The third-order valence-corrected chi connectivity index (χ3v) is 6.07. The maximum atomic E-state index is 14.2. The van der Waals surface area contributed by atoms with Gasteiger partial charge in [0, 0.05) is 12.1 Å². The molecule has 5 N–H and O–H groups in total. The minimum absolute atomic E-state index is 0.0637.